The lowest BCUT2D eigenvalue weighted by Crippen LogP contribution is -1.84. The summed E-state index contributed by atoms with van der Waals surface area (Å²) in [5, 5.41) is 0.0663. The molecule has 0 radical (unpaired) electrons. The van der Waals surface area contributed by atoms with E-state index >= 15 is 0 Å². The van der Waals surface area contributed by atoms with E-state index in [1.165, 1.54) is 11.1 Å². The fourth-order valence-electron chi connectivity index (χ4n) is 1.61. The smallest absolute Gasteiger partial charge is 0.0557 e. The highest BCUT2D eigenvalue weighted by Gasteiger charge is 2.02. The van der Waals surface area contributed by atoms with E-state index in [0.717, 1.165) is 10.0 Å². The minimum Gasteiger partial charge on any atom is -0.118 e. The van der Waals surface area contributed by atoms with E-state index in [-0.39, 0.29) is 5.38 Å². The molecule has 0 aromatic heterocycles. The van der Waals surface area contributed by atoms with Crippen LogP contribution in [-0.2, 0) is 0 Å². The summed E-state index contributed by atoms with van der Waals surface area (Å²) in [4.78, 5) is 0. The summed E-state index contributed by atoms with van der Waals surface area (Å²) < 4.78 is 1.10. The first-order chi connectivity index (χ1) is 7.66. The summed E-state index contributed by atoms with van der Waals surface area (Å²) in [6, 6.07) is 16.6. The average molecular weight is 296 g/mol. The van der Waals surface area contributed by atoms with Crippen molar-refractivity contribution in [2.45, 2.75) is 12.3 Å². The Morgan fingerprint density at radius 3 is 2.25 bits per heavy atom. The van der Waals surface area contributed by atoms with Crippen LogP contribution in [0.1, 0.15) is 17.9 Å². The minimum absolute atomic E-state index is 0.0663. The zero-order chi connectivity index (χ0) is 11.5. The first-order valence-corrected chi connectivity index (χ1v) is 6.40. The largest absolute Gasteiger partial charge is 0.118 e. The number of halogens is 2. The van der Waals surface area contributed by atoms with Crippen LogP contribution in [0, 0.1) is 0 Å². The monoisotopic (exact) mass is 294 g/mol. The Morgan fingerprint density at radius 2 is 1.69 bits per heavy atom. The molecule has 0 saturated carbocycles. The molecule has 1 atom stereocenters. The van der Waals surface area contributed by atoms with Crippen LogP contribution in [0.15, 0.2) is 53.0 Å². The maximum atomic E-state index is 6.02. The van der Waals surface area contributed by atoms with E-state index in [0.29, 0.717) is 0 Å². The zero-order valence-corrected chi connectivity index (χ0v) is 11.3. The molecule has 0 bridgehead atoms. The molecule has 0 heterocycles. The van der Waals surface area contributed by atoms with Crippen LogP contribution in [-0.4, -0.2) is 0 Å². The summed E-state index contributed by atoms with van der Waals surface area (Å²) >= 11 is 9.50. The van der Waals surface area contributed by atoms with E-state index in [2.05, 4.69) is 52.3 Å². The summed E-state index contributed by atoms with van der Waals surface area (Å²) in [5.74, 6) is 0. The van der Waals surface area contributed by atoms with Crippen molar-refractivity contribution >= 4 is 27.5 Å². The highest BCUT2D eigenvalue weighted by Crippen LogP contribution is 2.26. The van der Waals surface area contributed by atoms with Gasteiger partial charge in [-0.2, -0.15) is 0 Å². The maximum Gasteiger partial charge on any atom is 0.0557 e. The van der Waals surface area contributed by atoms with Gasteiger partial charge >= 0.3 is 0 Å². The standard InChI is InChI=1S/C14H12BrCl/c1-10(16)11-5-7-12(8-6-11)13-3-2-4-14(15)9-13/h2-10H,1H3. The van der Waals surface area contributed by atoms with Crippen LogP contribution in [0.4, 0.5) is 0 Å². The lowest BCUT2D eigenvalue weighted by molar-refractivity contribution is 1.08. The Morgan fingerprint density at radius 1 is 1.00 bits per heavy atom. The van der Waals surface area contributed by atoms with Crippen LogP contribution in [0.5, 0.6) is 0 Å². The Hall–Kier alpha value is -0.790. The van der Waals surface area contributed by atoms with Crippen molar-refractivity contribution in [3.63, 3.8) is 0 Å². The van der Waals surface area contributed by atoms with Gasteiger partial charge in [0.25, 0.3) is 0 Å². The van der Waals surface area contributed by atoms with Crippen LogP contribution in [0.2, 0.25) is 0 Å². The van der Waals surface area contributed by atoms with Crippen molar-refractivity contribution in [1.29, 1.82) is 0 Å². The first kappa shape index (κ1) is 11.7. The van der Waals surface area contributed by atoms with Gasteiger partial charge in [-0.15, -0.1) is 11.6 Å². The van der Waals surface area contributed by atoms with E-state index in [1.54, 1.807) is 0 Å². The molecule has 2 heteroatoms. The molecule has 16 heavy (non-hydrogen) atoms. The molecule has 82 valence electrons. The van der Waals surface area contributed by atoms with Crippen LogP contribution >= 0.6 is 27.5 Å². The lowest BCUT2D eigenvalue weighted by atomic mass is 10.0. The predicted octanol–water partition coefficient (Wildman–Crippen LogP) is 5.42. The number of hydrogen-bond donors (Lipinski definition) is 0. The third-order valence-electron chi connectivity index (χ3n) is 2.53. The third kappa shape index (κ3) is 2.66. The van der Waals surface area contributed by atoms with Crippen LogP contribution in [0.25, 0.3) is 11.1 Å². The predicted molar refractivity (Wildman–Crippen MR) is 73.8 cm³/mol. The second kappa shape index (κ2) is 5.03. The van der Waals surface area contributed by atoms with Gasteiger partial charge in [-0.1, -0.05) is 52.3 Å². The average Bonchev–Trinajstić information content (AvgIpc) is 2.29. The van der Waals surface area contributed by atoms with Crippen molar-refractivity contribution in [1.82, 2.24) is 0 Å². The van der Waals surface area contributed by atoms with E-state index in [9.17, 15) is 0 Å². The molecular formula is C14H12BrCl. The number of benzene rings is 2. The second-order valence-corrected chi connectivity index (χ2v) is 5.32. The summed E-state index contributed by atoms with van der Waals surface area (Å²) in [7, 11) is 0. The van der Waals surface area contributed by atoms with Crippen molar-refractivity contribution in [2.75, 3.05) is 0 Å². The normalized spacial score (nSPS) is 12.4. The maximum absolute atomic E-state index is 6.02. The van der Waals surface area contributed by atoms with Gasteiger partial charge in [0.05, 0.1) is 5.38 Å². The second-order valence-electron chi connectivity index (χ2n) is 3.75. The molecule has 0 aliphatic rings. The first-order valence-electron chi connectivity index (χ1n) is 5.17. The van der Waals surface area contributed by atoms with Gasteiger partial charge in [-0.25, -0.2) is 0 Å². The highest BCUT2D eigenvalue weighted by atomic mass is 79.9. The third-order valence-corrected chi connectivity index (χ3v) is 3.27. The van der Waals surface area contributed by atoms with Gasteiger partial charge in [0, 0.05) is 4.47 Å². The molecule has 2 aromatic rings. The molecule has 0 aliphatic heterocycles. The molecule has 1 unspecified atom stereocenters. The fourth-order valence-corrected chi connectivity index (χ4v) is 2.15. The fraction of sp³-hybridized carbons (Fsp3) is 0.143. The number of rotatable bonds is 2. The Kier molecular flexibility index (Phi) is 3.67. The Labute approximate surface area is 109 Å². The SMILES string of the molecule is CC(Cl)c1ccc(-c2cccc(Br)c2)cc1. The topological polar surface area (TPSA) is 0 Å². The number of hydrogen-bond acceptors (Lipinski definition) is 0. The van der Waals surface area contributed by atoms with Crippen molar-refractivity contribution < 1.29 is 0 Å². The summed E-state index contributed by atoms with van der Waals surface area (Å²) in [6.45, 7) is 1.98. The van der Waals surface area contributed by atoms with Gasteiger partial charge in [-0.05, 0) is 35.7 Å². The summed E-state index contributed by atoms with van der Waals surface area (Å²) in [5.41, 5.74) is 3.57. The Bertz CT molecular complexity index is 474. The molecular weight excluding hydrogens is 284 g/mol. The van der Waals surface area contributed by atoms with Gasteiger partial charge in [-0.3, -0.25) is 0 Å². The van der Waals surface area contributed by atoms with E-state index in [4.69, 9.17) is 11.6 Å². The quantitative estimate of drug-likeness (QED) is 0.649. The molecule has 0 fully saturated rings. The van der Waals surface area contributed by atoms with Gasteiger partial charge in [0.1, 0.15) is 0 Å². The number of alkyl halides is 1. The molecule has 2 rings (SSSR count). The van der Waals surface area contributed by atoms with Crippen molar-refractivity contribution in [2.24, 2.45) is 0 Å². The molecule has 0 spiro atoms. The molecule has 0 amide bonds. The van der Waals surface area contributed by atoms with Crippen LogP contribution < -0.4 is 0 Å². The van der Waals surface area contributed by atoms with Crippen molar-refractivity contribution in [3.8, 4) is 11.1 Å². The lowest BCUT2D eigenvalue weighted by Gasteiger charge is -2.06. The van der Waals surface area contributed by atoms with Gasteiger partial charge < -0.3 is 0 Å². The van der Waals surface area contributed by atoms with Gasteiger partial charge in [0.2, 0.25) is 0 Å². The highest BCUT2D eigenvalue weighted by molar-refractivity contribution is 9.10. The summed E-state index contributed by atoms with van der Waals surface area (Å²) in [6.07, 6.45) is 0. The van der Waals surface area contributed by atoms with E-state index < -0.39 is 0 Å². The molecule has 0 nitrogen and oxygen atoms in total. The van der Waals surface area contributed by atoms with E-state index in [1.807, 2.05) is 19.1 Å². The van der Waals surface area contributed by atoms with Crippen molar-refractivity contribution in [3.05, 3.63) is 58.6 Å². The van der Waals surface area contributed by atoms with Crippen LogP contribution in [0.3, 0.4) is 0 Å². The Balaban J connectivity index is 2.35. The molecule has 0 saturated heterocycles. The van der Waals surface area contributed by atoms with Gasteiger partial charge in [0.15, 0.2) is 0 Å². The molecule has 0 N–H and O–H groups in total. The zero-order valence-electron chi connectivity index (χ0n) is 8.95. The minimum atomic E-state index is 0.0663. The molecule has 2 aromatic carbocycles. The molecule has 0 aliphatic carbocycles.